The number of benzene rings is 3. The fourth-order valence-electron chi connectivity index (χ4n) is 4.00. The van der Waals surface area contributed by atoms with Gasteiger partial charge in [-0.15, -0.1) is 0 Å². The van der Waals surface area contributed by atoms with Crippen LogP contribution in [0.1, 0.15) is 24.5 Å². The lowest BCUT2D eigenvalue weighted by molar-refractivity contribution is -0.140. The number of nitrogens with zero attached hydrogens (tertiary/aromatic N) is 2. The van der Waals surface area contributed by atoms with Crippen molar-refractivity contribution in [1.29, 1.82) is 0 Å². The van der Waals surface area contributed by atoms with Gasteiger partial charge in [0.05, 0.1) is 11.9 Å². The summed E-state index contributed by atoms with van der Waals surface area (Å²) in [6, 6.07) is 18.0. The number of carbonyl (C=O) groups excluding carboxylic acids is 2. The first-order valence-electron chi connectivity index (χ1n) is 12.3. The molecule has 0 aromatic heterocycles. The van der Waals surface area contributed by atoms with Crippen molar-refractivity contribution < 1.29 is 22.4 Å². The number of hydrogen-bond donors (Lipinski definition) is 1. The maximum Gasteiger partial charge on any atom is 0.244 e. The first kappa shape index (κ1) is 30.4. The van der Waals surface area contributed by atoms with Gasteiger partial charge in [0.25, 0.3) is 0 Å². The second-order valence-electron chi connectivity index (χ2n) is 9.04. The summed E-state index contributed by atoms with van der Waals surface area (Å²) in [7, 11) is -3.96. The van der Waals surface area contributed by atoms with Crippen LogP contribution in [0.25, 0.3) is 0 Å². The quantitative estimate of drug-likeness (QED) is 0.318. The molecule has 39 heavy (non-hydrogen) atoms. The Balaban J connectivity index is 2.05. The Morgan fingerprint density at radius 2 is 1.56 bits per heavy atom. The number of hydrogen-bond acceptors (Lipinski definition) is 4. The highest BCUT2D eigenvalue weighted by Gasteiger charge is 2.33. The van der Waals surface area contributed by atoms with Crippen LogP contribution < -0.4 is 9.62 Å². The SMILES string of the molecule is CCCNC(=O)[C@@H](Cc1ccccc1)N(Cc1ccc(F)cc1)C(=O)CN(c1cc(Cl)cc(Cl)c1)S(C)(=O)=O. The Bertz CT molecular complexity index is 1370. The van der Waals surface area contributed by atoms with Crippen LogP contribution in [0.5, 0.6) is 0 Å². The predicted molar refractivity (Wildman–Crippen MR) is 153 cm³/mol. The summed E-state index contributed by atoms with van der Waals surface area (Å²) in [6.07, 6.45) is 1.84. The number of anilines is 1. The second kappa shape index (κ2) is 13.8. The third kappa shape index (κ3) is 8.95. The predicted octanol–water partition coefficient (Wildman–Crippen LogP) is 5.06. The lowest BCUT2D eigenvalue weighted by Crippen LogP contribution is -2.53. The molecule has 208 valence electrons. The molecule has 0 saturated heterocycles. The van der Waals surface area contributed by atoms with Crippen molar-refractivity contribution in [1.82, 2.24) is 10.2 Å². The van der Waals surface area contributed by atoms with E-state index in [4.69, 9.17) is 23.2 Å². The van der Waals surface area contributed by atoms with Crippen LogP contribution in [0.3, 0.4) is 0 Å². The summed E-state index contributed by atoms with van der Waals surface area (Å²) in [5, 5.41) is 3.25. The van der Waals surface area contributed by atoms with Gasteiger partial charge in [0.15, 0.2) is 0 Å². The van der Waals surface area contributed by atoms with Gasteiger partial charge in [0.2, 0.25) is 21.8 Å². The Kier molecular flexibility index (Phi) is 10.7. The van der Waals surface area contributed by atoms with Crippen molar-refractivity contribution in [3.63, 3.8) is 0 Å². The molecule has 0 saturated carbocycles. The molecule has 3 rings (SSSR count). The molecule has 7 nitrogen and oxygen atoms in total. The number of halogens is 3. The van der Waals surface area contributed by atoms with Gasteiger partial charge in [-0.1, -0.05) is 72.6 Å². The van der Waals surface area contributed by atoms with Crippen molar-refractivity contribution in [3.8, 4) is 0 Å². The van der Waals surface area contributed by atoms with Crippen molar-refractivity contribution in [2.45, 2.75) is 32.4 Å². The van der Waals surface area contributed by atoms with Gasteiger partial charge in [-0.25, -0.2) is 12.8 Å². The largest absolute Gasteiger partial charge is 0.354 e. The Morgan fingerprint density at radius 3 is 2.13 bits per heavy atom. The first-order chi connectivity index (χ1) is 18.5. The number of sulfonamides is 1. The number of amides is 2. The highest BCUT2D eigenvalue weighted by atomic mass is 35.5. The molecule has 0 fully saturated rings. The fraction of sp³-hybridized carbons (Fsp3) is 0.286. The third-order valence-corrected chi connectivity index (χ3v) is 7.48. The minimum Gasteiger partial charge on any atom is -0.354 e. The summed E-state index contributed by atoms with van der Waals surface area (Å²) in [6.45, 7) is 1.65. The van der Waals surface area contributed by atoms with E-state index < -0.39 is 34.3 Å². The number of rotatable bonds is 12. The van der Waals surface area contributed by atoms with E-state index in [2.05, 4.69) is 5.32 Å². The molecule has 0 aliphatic heterocycles. The highest BCUT2D eigenvalue weighted by molar-refractivity contribution is 7.92. The Morgan fingerprint density at radius 1 is 0.949 bits per heavy atom. The zero-order chi connectivity index (χ0) is 28.6. The molecule has 0 bridgehead atoms. The highest BCUT2D eigenvalue weighted by Crippen LogP contribution is 2.27. The molecule has 3 aromatic carbocycles. The van der Waals surface area contributed by atoms with Crippen LogP contribution in [-0.4, -0.2) is 50.5 Å². The van der Waals surface area contributed by atoms with E-state index in [9.17, 15) is 22.4 Å². The van der Waals surface area contributed by atoms with E-state index >= 15 is 0 Å². The molecular weight excluding hydrogens is 564 g/mol. The minimum atomic E-state index is -3.96. The average Bonchev–Trinajstić information content (AvgIpc) is 2.88. The maximum atomic E-state index is 13.9. The summed E-state index contributed by atoms with van der Waals surface area (Å²) in [4.78, 5) is 28.7. The van der Waals surface area contributed by atoms with E-state index in [-0.39, 0.29) is 34.6 Å². The smallest absolute Gasteiger partial charge is 0.244 e. The molecule has 0 spiro atoms. The van der Waals surface area contributed by atoms with Crippen molar-refractivity contribution in [3.05, 3.63) is 99.8 Å². The fourth-order valence-corrected chi connectivity index (χ4v) is 5.35. The van der Waals surface area contributed by atoms with E-state index in [1.165, 1.54) is 47.4 Å². The second-order valence-corrected chi connectivity index (χ2v) is 11.8. The van der Waals surface area contributed by atoms with E-state index in [0.29, 0.717) is 18.5 Å². The summed E-state index contributed by atoms with van der Waals surface area (Å²) in [5.41, 5.74) is 1.50. The summed E-state index contributed by atoms with van der Waals surface area (Å²) in [5.74, 6) is -1.46. The van der Waals surface area contributed by atoms with Gasteiger partial charge < -0.3 is 10.2 Å². The minimum absolute atomic E-state index is 0.0515. The van der Waals surface area contributed by atoms with Crippen LogP contribution in [0.4, 0.5) is 10.1 Å². The van der Waals surface area contributed by atoms with Gasteiger partial charge in [0.1, 0.15) is 18.4 Å². The lowest BCUT2D eigenvalue weighted by atomic mass is 10.0. The van der Waals surface area contributed by atoms with Crippen molar-refractivity contribution in [2.24, 2.45) is 0 Å². The molecule has 11 heteroatoms. The Labute approximate surface area is 238 Å². The zero-order valence-electron chi connectivity index (χ0n) is 21.6. The first-order valence-corrected chi connectivity index (χ1v) is 14.9. The zero-order valence-corrected chi connectivity index (χ0v) is 23.9. The molecule has 1 N–H and O–H groups in total. The third-order valence-electron chi connectivity index (χ3n) is 5.90. The standard InChI is InChI=1S/C28H30Cl2FN3O4S/c1-3-13-32-28(36)26(14-20-7-5-4-6-8-20)33(18-21-9-11-24(31)12-10-21)27(35)19-34(39(2,37)38)25-16-22(29)15-23(30)17-25/h4-12,15-17,26H,3,13-14,18-19H2,1-2H3,(H,32,36)/t26-/m1/s1. The normalized spacial score (nSPS) is 12.0. The van der Waals surface area contributed by atoms with Crippen LogP contribution in [-0.2, 0) is 32.6 Å². The molecule has 0 aliphatic rings. The van der Waals surface area contributed by atoms with Gasteiger partial charge in [-0.05, 0) is 47.9 Å². The van der Waals surface area contributed by atoms with E-state index in [1.54, 1.807) is 0 Å². The van der Waals surface area contributed by atoms with Gasteiger partial charge in [-0.2, -0.15) is 0 Å². The van der Waals surface area contributed by atoms with E-state index in [0.717, 1.165) is 16.1 Å². The molecule has 0 unspecified atom stereocenters. The van der Waals surface area contributed by atoms with Crippen LogP contribution in [0.2, 0.25) is 10.0 Å². The average molecular weight is 595 g/mol. The number of carbonyl (C=O) groups is 2. The van der Waals surface area contributed by atoms with Gasteiger partial charge in [-0.3, -0.25) is 13.9 Å². The molecular formula is C28H30Cl2FN3O4S. The molecule has 0 aliphatic carbocycles. The maximum absolute atomic E-state index is 13.9. The molecule has 2 amide bonds. The van der Waals surface area contributed by atoms with Gasteiger partial charge in [0, 0.05) is 29.6 Å². The van der Waals surface area contributed by atoms with Crippen LogP contribution in [0.15, 0.2) is 72.8 Å². The summed E-state index contributed by atoms with van der Waals surface area (Å²) < 4.78 is 40.1. The van der Waals surface area contributed by atoms with Gasteiger partial charge >= 0.3 is 0 Å². The molecule has 1 atom stereocenters. The van der Waals surface area contributed by atoms with E-state index in [1.807, 2.05) is 37.3 Å². The monoisotopic (exact) mass is 593 g/mol. The molecule has 0 radical (unpaired) electrons. The van der Waals surface area contributed by atoms with Crippen LogP contribution in [0, 0.1) is 5.82 Å². The van der Waals surface area contributed by atoms with Crippen LogP contribution >= 0.6 is 23.2 Å². The summed E-state index contributed by atoms with van der Waals surface area (Å²) >= 11 is 12.2. The van der Waals surface area contributed by atoms with Crippen molar-refractivity contribution in [2.75, 3.05) is 23.7 Å². The lowest BCUT2D eigenvalue weighted by Gasteiger charge is -2.33. The van der Waals surface area contributed by atoms with Crippen molar-refractivity contribution >= 4 is 50.7 Å². The topological polar surface area (TPSA) is 86.8 Å². The Hall–Kier alpha value is -3.14. The molecule has 0 heterocycles. The molecule has 3 aromatic rings. The number of nitrogens with one attached hydrogen (secondary N) is 1.